The van der Waals surface area contributed by atoms with E-state index >= 15 is 0 Å². The molecule has 0 aliphatic carbocycles. The molecule has 0 unspecified atom stereocenters. The number of anilines is 3. The average molecular weight is 620 g/mol. The third-order valence-electron chi connectivity index (χ3n) is 10.7. The first kappa shape index (κ1) is 26.6. The summed E-state index contributed by atoms with van der Waals surface area (Å²) in [6, 6.07) is 65.4. The van der Waals surface area contributed by atoms with Crippen LogP contribution in [0.2, 0.25) is 0 Å². The van der Waals surface area contributed by atoms with Crippen molar-refractivity contribution in [1.29, 1.82) is 0 Å². The van der Waals surface area contributed by atoms with E-state index in [4.69, 9.17) is 0 Å². The lowest BCUT2D eigenvalue weighted by Gasteiger charge is -2.28. The Morgan fingerprint density at radius 2 is 0.694 bits per heavy atom. The lowest BCUT2D eigenvalue weighted by molar-refractivity contribution is 1.31. The van der Waals surface area contributed by atoms with Crippen LogP contribution >= 0.6 is 0 Å². The zero-order valence-electron chi connectivity index (χ0n) is 26.7. The van der Waals surface area contributed by atoms with E-state index < -0.39 is 0 Å². The van der Waals surface area contributed by atoms with Crippen LogP contribution in [0, 0.1) is 0 Å². The highest BCUT2D eigenvalue weighted by Crippen LogP contribution is 2.47. The predicted molar refractivity (Wildman–Crippen MR) is 212 cm³/mol. The van der Waals surface area contributed by atoms with E-state index in [1.54, 1.807) is 0 Å². The third-order valence-corrected chi connectivity index (χ3v) is 10.7. The largest absolute Gasteiger partial charge is 0.310 e. The first-order chi connectivity index (χ1) is 24.3. The van der Waals surface area contributed by atoms with Crippen molar-refractivity contribution < 1.29 is 0 Å². The van der Waals surface area contributed by atoms with Gasteiger partial charge in [0.25, 0.3) is 0 Å². The van der Waals surface area contributed by atoms with Gasteiger partial charge in [0.2, 0.25) is 0 Å². The molecule has 0 aliphatic heterocycles. The standard InChI is InChI=1S/C48H29N/c1-2-11-35-27-37(26-25-30(35)9-1)49(44-20-8-12-31-10-3-4-16-39(31)44)38-28-36-24-23-34-14-6-18-41-40-17-5-13-32-21-22-33-15-7-19-42(47(33)45(32)40)43(29-38)48(36)46(34)41/h1-29H. The normalized spacial score (nSPS) is 12.1. The van der Waals surface area contributed by atoms with Gasteiger partial charge in [-0.3, -0.25) is 0 Å². The van der Waals surface area contributed by atoms with Crippen LogP contribution in [-0.2, 0) is 0 Å². The van der Waals surface area contributed by atoms with Crippen molar-refractivity contribution in [3.63, 3.8) is 0 Å². The Balaban J connectivity index is 1.35. The number of rotatable bonds is 3. The molecule has 11 rings (SSSR count). The van der Waals surface area contributed by atoms with Crippen molar-refractivity contribution >= 4 is 103 Å². The summed E-state index contributed by atoms with van der Waals surface area (Å²) in [5, 5.41) is 20.4. The maximum Gasteiger partial charge on any atom is 0.0540 e. The summed E-state index contributed by atoms with van der Waals surface area (Å²) in [6.45, 7) is 0. The second-order valence-corrected chi connectivity index (χ2v) is 13.3. The van der Waals surface area contributed by atoms with Gasteiger partial charge in [-0.15, -0.1) is 0 Å². The van der Waals surface area contributed by atoms with Gasteiger partial charge < -0.3 is 4.90 Å². The molecule has 0 saturated heterocycles. The van der Waals surface area contributed by atoms with Gasteiger partial charge in [0.1, 0.15) is 0 Å². The van der Waals surface area contributed by atoms with Gasteiger partial charge in [-0.05, 0) is 111 Å². The van der Waals surface area contributed by atoms with E-state index in [1.807, 2.05) is 0 Å². The lowest BCUT2D eigenvalue weighted by atomic mass is 9.87. The molecule has 0 amide bonds. The molecule has 0 spiro atoms. The fourth-order valence-corrected chi connectivity index (χ4v) is 8.54. The van der Waals surface area contributed by atoms with Crippen LogP contribution in [0.4, 0.5) is 17.1 Å². The van der Waals surface area contributed by atoms with Crippen LogP contribution in [0.5, 0.6) is 0 Å². The topological polar surface area (TPSA) is 3.24 Å². The molecule has 0 bridgehead atoms. The van der Waals surface area contributed by atoms with E-state index in [2.05, 4.69) is 181 Å². The molecule has 0 N–H and O–H groups in total. The molecular formula is C48H29N. The molecule has 11 aromatic carbocycles. The lowest BCUT2D eigenvalue weighted by Crippen LogP contribution is -2.10. The van der Waals surface area contributed by atoms with Crippen molar-refractivity contribution in [1.82, 2.24) is 0 Å². The Hall–Kier alpha value is -6.44. The third kappa shape index (κ3) is 3.82. The van der Waals surface area contributed by atoms with Crippen LogP contribution in [-0.4, -0.2) is 0 Å². The maximum absolute atomic E-state index is 2.47. The van der Waals surface area contributed by atoms with E-state index in [-0.39, 0.29) is 0 Å². The fraction of sp³-hybridized carbons (Fsp3) is 0. The molecule has 0 heterocycles. The highest BCUT2D eigenvalue weighted by atomic mass is 15.1. The maximum atomic E-state index is 2.47. The van der Waals surface area contributed by atoms with E-state index in [0.717, 1.165) is 17.1 Å². The van der Waals surface area contributed by atoms with E-state index in [1.165, 1.54) is 86.2 Å². The number of hydrogen-bond donors (Lipinski definition) is 0. The fourth-order valence-electron chi connectivity index (χ4n) is 8.54. The highest BCUT2D eigenvalue weighted by molar-refractivity contribution is 6.37. The van der Waals surface area contributed by atoms with Gasteiger partial charge in [-0.2, -0.15) is 0 Å². The first-order valence-corrected chi connectivity index (χ1v) is 17.0. The quantitative estimate of drug-likeness (QED) is 0.178. The van der Waals surface area contributed by atoms with Crippen LogP contribution in [0.3, 0.4) is 0 Å². The molecule has 0 fully saturated rings. The molecule has 11 aromatic rings. The van der Waals surface area contributed by atoms with Crippen LogP contribution < -0.4 is 4.90 Å². The molecule has 226 valence electrons. The monoisotopic (exact) mass is 619 g/mol. The van der Waals surface area contributed by atoms with Crippen molar-refractivity contribution in [3.05, 3.63) is 176 Å². The minimum absolute atomic E-state index is 1.14. The van der Waals surface area contributed by atoms with Crippen LogP contribution in [0.1, 0.15) is 0 Å². The molecular weight excluding hydrogens is 591 g/mol. The SMILES string of the molecule is c1ccc2cc(N(c3cc4ccc5cccc6c7cccc8ccc9cccc(c(c3)c4c56)c9c87)c3cccc4ccccc34)ccc2c1. The summed E-state index contributed by atoms with van der Waals surface area (Å²) in [5.41, 5.74) is 3.45. The molecule has 1 heteroatoms. The van der Waals surface area contributed by atoms with Gasteiger partial charge in [-0.25, -0.2) is 0 Å². The van der Waals surface area contributed by atoms with Crippen molar-refractivity contribution in [3.8, 4) is 0 Å². The van der Waals surface area contributed by atoms with Gasteiger partial charge in [0, 0.05) is 16.8 Å². The van der Waals surface area contributed by atoms with Gasteiger partial charge in [0.15, 0.2) is 0 Å². The summed E-state index contributed by atoms with van der Waals surface area (Å²) >= 11 is 0. The van der Waals surface area contributed by atoms with Crippen LogP contribution in [0.25, 0.3) is 86.2 Å². The molecule has 0 aliphatic rings. The summed E-state index contributed by atoms with van der Waals surface area (Å²) in [6.07, 6.45) is 0. The molecule has 0 aromatic heterocycles. The second kappa shape index (κ2) is 10.0. The minimum Gasteiger partial charge on any atom is -0.310 e. The summed E-state index contributed by atoms with van der Waals surface area (Å²) in [7, 11) is 0. The number of nitrogens with zero attached hydrogens (tertiary/aromatic N) is 1. The smallest absolute Gasteiger partial charge is 0.0540 e. The van der Waals surface area contributed by atoms with Crippen LogP contribution in [0.15, 0.2) is 176 Å². The summed E-state index contributed by atoms with van der Waals surface area (Å²) in [5.74, 6) is 0. The van der Waals surface area contributed by atoms with Gasteiger partial charge in [0.05, 0.1) is 5.69 Å². The summed E-state index contributed by atoms with van der Waals surface area (Å²) in [4.78, 5) is 2.47. The van der Waals surface area contributed by atoms with Crippen molar-refractivity contribution in [2.45, 2.75) is 0 Å². The number of benzene rings is 10. The van der Waals surface area contributed by atoms with Crippen molar-refractivity contribution in [2.75, 3.05) is 4.90 Å². The molecule has 0 saturated carbocycles. The average Bonchev–Trinajstić information content (AvgIpc) is 3.16. The zero-order chi connectivity index (χ0) is 32.1. The van der Waals surface area contributed by atoms with Crippen molar-refractivity contribution in [2.24, 2.45) is 0 Å². The molecule has 0 radical (unpaired) electrons. The van der Waals surface area contributed by atoms with Gasteiger partial charge in [-0.1, -0.05) is 146 Å². The highest BCUT2D eigenvalue weighted by Gasteiger charge is 2.20. The number of fused-ring (bicyclic) bond motifs is 4. The molecule has 0 atom stereocenters. The Labute approximate surface area is 283 Å². The first-order valence-electron chi connectivity index (χ1n) is 17.0. The Kier molecular flexibility index (Phi) is 5.45. The Morgan fingerprint density at radius 1 is 0.245 bits per heavy atom. The second-order valence-electron chi connectivity index (χ2n) is 13.3. The predicted octanol–water partition coefficient (Wildman–Crippen LogP) is 13.8. The molecule has 1 nitrogen and oxygen atoms in total. The Bertz CT molecular complexity index is 3100. The zero-order valence-corrected chi connectivity index (χ0v) is 26.7. The van der Waals surface area contributed by atoms with E-state index in [9.17, 15) is 0 Å². The van der Waals surface area contributed by atoms with Gasteiger partial charge >= 0.3 is 0 Å². The number of hydrogen-bond acceptors (Lipinski definition) is 1. The summed E-state index contributed by atoms with van der Waals surface area (Å²) < 4.78 is 0. The molecule has 49 heavy (non-hydrogen) atoms. The minimum atomic E-state index is 1.14. The van der Waals surface area contributed by atoms with E-state index in [0.29, 0.717) is 0 Å². The Morgan fingerprint density at radius 3 is 1.39 bits per heavy atom.